The number of nitrogens with zero attached hydrogens (tertiary/aromatic N) is 2. The first-order chi connectivity index (χ1) is 9.43. The van der Waals surface area contributed by atoms with Crippen molar-refractivity contribution >= 4 is 43.5 Å². The standard InChI is InChI=1S/C13H12Br2ClFN2O/c1-3-19-11(13(15)7(2)18-19)6-20-12-5-10(17)9(16)4-8(12)14/h4-5H,3,6H2,1-2H3. The summed E-state index contributed by atoms with van der Waals surface area (Å²) in [6, 6.07) is 2.74. The predicted octanol–water partition coefficient (Wildman–Crippen LogP) is 5.11. The summed E-state index contributed by atoms with van der Waals surface area (Å²) in [5.74, 6) is -0.107. The second-order valence-electron chi connectivity index (χ2n) is 4.15. The van der Waals surface area contributed by atoms with Crippen molar-refractivity contribution in [2.75, 3.05) is 0 Å². The highest BCUT2D eigenvalue weighted by Gasteiger charge is 2.14. The molecule has 2 aromatic rings. The molecule has 3 nitrogen and oxygen atoms in total. The van der Waals surface area contributed by atoms with Crippen molar-refractivity contribution in [2.24, 2.45) is 0 Å². The molecule has 1 aromatic heterocycles. The maximum absolute atomic E-state index is 13.5. The molecule has 0 amide bonds. The van der Waals surface area contributed by atoms with Crippen LogP contribution in [0.1, 0.15) is 18.3 Å². The highest BCUT2D eigenvalue weighted by molar-refractivity contribution is 9.10. The van der Waals surface area contributed by atoms with Crippen LogP contribution >= 0.6 is 43.5 Å². The van der Waals surface area contributed by atoms with Crippen molar-refractivity contribution in [3.8, 4) is 5.75 Å². The van der Waals surface area contributed by atoms with E-state index in [-0.39, 0.29) is 11.6 Å². The van der Waals surface area contributed by atoms with E-state index >= 15 is 0 Å². The lowest BCUT2D eigenvalue weighted by atomic mass is 10.3. The summed E-state index contributed by atoms with van der Waals surface area (Å²) in [7, 11) is 0. The highest BCUT2D eigenvalue weighted by atomic mass is 79.9. The smallest absolute Gasteiger partial charge is 0.145 e. The molecule has 0 spiro atoms. The molecule has 0 unspecified atom stereocenters. The molecule has 0 atom stereocenters. The summed E-state index contributed by atoms with van der Waals surface area (Å²) in [4.78, 5) is 0. The van der Waals surface area contributed by atoms with Gasteiger partial charge in [0.15, 0.2) is 0 Å². The summed E-state index contributed by atoms with van der Waals surface area (Å²) in [6.45, 7) is 4.94. The fourth-order valence-corrected chi connectivity index (χ4v) is 2.92. The number of hydrogen-bond acceptors (Lipinski definition) is 2. The SMILES string of the molecule is CCn1nc(C)c(Br)c1COc1cc(F)c(Cl)cc1Br. The molecule has 2 rings (SSSR count). The van der Waals surface area contributed by atoms with Crippen molar-refractivity contribution < 1.29 is 9.13 Å². The number of hydrogen-bond donors (Lipinski definition) is 0. The van der Waals surface area contributed by atoms with Crippen LogP contribution in [-0.2, 0) is 13.2 Å². The van der Waals surface area contributed by atoms with Gasteiger partial charge in [-0.05, 0) is 51.8 Å². The van der Waals surface area contributed by atoms with Crippen LogP contribution in [0.2, 0.25) is 5.02 Å². The lowest BCUT2D eigenvalue weighted by Gasteiger charge is -2.10. The Hall–Kier alpha value is -0.590. The second-order valence-corrected chi connectivity index (χ2v) is 6.20. The number of aromatic nitrogens is 2. The molecular weight excluding hydrogens is 414 g/mol. The maximum Gasteiger partial charge on any atom is 0.145 e. The van der Waals surface area contributed by atoms with E-state index in [1.807, 2.05) is 18.5 Å². The Labute approximate surface area is 138 Å². The third-order valence-corrected chi connectivity index (χ3v) is 4.73. The fraction of sp³-hybridized carbons (Fsp3) is 0.308. The largest absolute Gasteiger partial charge is 0.486 e. The van der Waals surface area contributed by atoms with Gasteiger partial charge in [-0.25, -0.2) is 4.39 Å². The fourth-order valence-electron chi connectivity index (χ4n) is 1.77. The van der Waals surface area contributed by atoms with Crippen LogP contribution in [0.3, 0.4) is 0 Å². The molecular formula is C13H12Br2ClFN2O. The van der Waals surface area contributed by atoms with E-state index in [9.17, 15) is 4.39 Å². The topological polar surface area (TPSA) is 27.1 Å². The molecule has 0 radical (unpaired) electrons. The summed E-state index contributed by atoms with van der Waals surface area (Å²) < 4.78 is 22.5. The average Bonchev–Trinajstić information content (AvgIpc) is 2.68. The molecule has 0 N–H and O–H groups in total. The molecule has 0 aliphatic carbocycles. The second kappa shape index (κ2) is 6.45. The van der Waals surface area contributed by atoms with Gasteiger partial charge in [-0.2, -0.15) is 5.10 Å². The van der Waals surface area contributed by atoms with Crippen molar-refractivity contribution in [1.29, 1.82) is 0 Å². The quantitative estimate of drug-likeness (QED) is 0.636. The highest BCUT2D eigenvalue weighted by Crippen LogP contribution is 2.32. The Balaban J connectivity index is 2.23. The molecule has 0 bridgehead atoms. The van der Waals surface area contributed by atoms with Gasteiger partial charge in [-0.1, -0.05) is 11.6 Å². The van der Waals surface area contributed by atoms with E-state index < -0.39 is 5.82 Å². The number of rotatable bonds is 4. The van der Waals surface area contributed by atoms with Gasteiger partial charge in [0.1, 0.15) is 18.2 Å². The van der Waals surface area contributed by atoms with Gasteiger partial charge in [0.2, 0.25) is 0 Å². The minimum absolute atomic E-state index is 0.0554. The van der Waals surface area contributed by atoms with Gasteiger partial charge < -0.3 is 4.74 Å². The summed E-state index contributed by atoms with van der Waals surface area (Å²) in [5.41, 5.74) is 1.80. The van der Waals surface area contributed by atoms with Crippen LogP contribution in [0, 0.1) is 12.7 Å². The molecule has 0 saturated heterocycles. The zero-order valence-electron chi connectivity index (χ0n) is 10.9. The first kappa shape index (κ1) is 15.8. The predicted molar refractivity (Wildman–Crippen MR) is 83.8 cm³/mol. The number of halogens is 4. The van der Waals surface area contributed by atoms with Crippen LogP contribution in [-0.4, -0.2) is 9.78 Å². The first-order valence-electron chi connectivity index (χ1n) is 5.93. The third kappa shape index (κ3) is 3.18. The average molecular weight is 427 g/mol. The van der Waals surface area contributed by atoms with Gasteiger partial charge in [0.05, 0.1) is 25.4 Å². The molecule has 7 heteroatoms. The van der Waals surface area contributed by atoms with Gasteiger partial charge in [0, 0.05) is 12.6 Å². The lowest BCUT2D eigenvalue weighted by molar-refractivity contribution is 0.288. The van der Waals surface area contributed by atoms with Crippen LogP contribution < -0.4 is 4.74 Å². The minimum atomic E-state index is -0.510. The van der Waals surface area contributed by atoms with Crippen LogP contribution in [0.4, 0.5) is 4.39 Å². The summed E-state index contributed by atoms with van der Waals surface area (Å²) in [5, 5.41) is 4.43. The van der Waals surface area contributed by atoms with Crippen LogP contribution in [0.15, 0.2) is 21.1 Å². The van der Waals surface area contributed by atoms with Crippen molar-refractivity contribution in [3.05, 3.63) is 43.3 Å². The lowest BCUT2D eigenvalue weighted by Crippen LogP contribution is -2.07. The maximum atomic E-state index is 13.5. The van der Waals surface area contributed by atoms with Crippen LogP contribution in [0.25, 0.3) is 0 Å². The van der Waals surface area contributed by atoms with Gasteiger partial charge in [0.25, 0.3) is 0 Å². The van der Waals surface area contributed by atoms with E-state index in [2.05, 4.69) is 37.0 Å². The van der Waals surface area contributed by atoms with E-state index in [0.717, 1.165) is 22.4 Å². The molecule has 0 fully saturated rings. The Morgan fingerprint density at radius 2 is 2.10 bits per heavy atom. The van der Waals surface area contributed by atoms with Gasteiger partial charge in [-0.3, -0.25) is 4.68 Å². The number of benzene rings is 1. The van der Waals surface area contributed by atoms with E-state index in [1.165, 1.54) is 12.1 Å². The van der Waals surface area contributed by atoms with E-state index in [4.69, 9.17) is 16.3 Å². The van der Waals surface area contributed by atoms with E-state index in [1.54, 1.807) is 0 Å². The van der Waals surface area contributed by atoms with Crippen molar-refractivity contribution in [2.45, 2.75) is 27.0 Å². The Morgan fingerprint density at radius 3 is 2.75 bits per heavy atom. The summed E-state index contributed by atoms with van der Waals surface area (Å²) >= 11 is 12.5. The first-order valence-corrected chi connectivity index (χ1v) is 7.89. The number of aryl methyl sites for hydroxylation is 2. The van der Waals surface area contributed by atoms with Crippen molar-refractivity contribution in [1.82, 2.24) is 9.78 Å². The Kier molecular flexibility index (Phi) is 5.09. The molecule has 0 saturated carbocycles. The molecule has 20 heavy (non-hydrogen) atoms. The molecule has 0 aliphatic rings. The zero-order chi connectivity index (χ0) is 14.9. The minimum Gasteiger partial charge on any atom is -0.486 e. The zero-order valence-corrected chi connectivity index (χ0v) is 14.8. The molecule has 0 aliphatic heterocycles. The van der Waals surface area contributed by atoms with Crippen LogP contribution in [0.5, 0.6) is 5.75 Å². The third-order valence-electron chi connectivity index (χ3n) is 2.79. The monoisotopic (exact) mass is 424 g/mol. The normalized spacial score (nSPS) is 10.9. The van der Waals surface area contributed by atoms with Gasteiger partial charge >= 0.3 is 0 Å². The molecule has 108 valence electrons. The molecule has 1 heterocycles. The number of ether oxygens (including phenoxy) is 1. The Morgan fingerprint density at radius 1 is 1.40 bits per heavy atom. The molecule has 1 aromatic carbocycles. The summed E-state index contributed by atoms with van der Waals surface area (Å²) in [6.07, 6.45) is 0. The van der Waals surface area contributed by atoms with Gasteiger partial charge in [-0.15, -0.1) is 0 Å². The Bertz CT molecular complexity index is 646. The van der Waals surface area contributed by atoms with Crippen molar-refractivity contribution in [3.63, 3.8) is 0 Å². The van der Waals surface area contributed by atoms with E-state index in [0.29, 0.717) is 10.2 Å².